The third-order valence-corrected chi connectivity index (χ3v) is 3.29. The van der Waals surface area contributed by atoms with Crippen molar-refractivity contribution in [2.24, 2.45) is 5.92 Å². The van der Waals surface area contributed by atoms with Crippen LogP contribution in [0.25, 0.3) is 11.3 Å². The van der Waals surface area contributed by atoms with Gasteiger partial charge in [-0.25, -0.2) is 13.8 Å². The number of nitrogen functional groups attached to an aromatic ring is 1. The highest BCUT2D eigenvalue weighted by Gasteiger charge is 2.21. The van der Waals surface area contributed by atoms with Gasteiger partial charge >= 0.3 is 0 Å². The number of aromatic nitrogens is 2. The molecule has 1 heterocycles. The molecule has 21 heavy (non-hydrogen) atoms. The van der Waals surface area contributed by atoms with Gasteiger partial charge in [-0.15, -0.1) is 0 Å². The normalized spacial score (nSPS) is 11.6. The topological polar surface area (TPSA) is 43.8 Å². The molecule has 0 saturated carbocycles. The Bertz CT molecular complexity index is 645. The smallest absolute Gasteiger partial charge is 0.135 e. The molecule has 0 aliphatic heterocycles. The Hall–Kier alpha value is -1.91. The van der Waals surface area contributed by atoms with Gasteiger partial charge in [-0.3, -0.25) is 0 Å². The van der Waals surface area contributed by atoms with E-state index in [1.807, 2.05) is 18.4 Å². The van der Waals surface area contributed by atoms with E-state index in [1.165, 1.54) is 12.1 Å². The zero-order valence-corrected chi connectivity index (χ0v) is 12.8. The Morgan fingerprint density at radius 1 is 1.19 bits per heavy atom. The number of nitrogens with zero attached hydrogens (tertiary/aromatic N) is 2. The van der Waals surface area contributed by atoms with Crippen molar-refractivity contribution in [2.75, 3.05) is 5.73 Å². The molecule has 1 aromatic carbocycles. The number of hydrogen-bond donors (Lipinski definition) is 1. The van der Waals surface area contributed by atoms with E-state index in [9.17, 15) is 8.78 Å². The molecule has 0 fully saturated rings. The van der Waals surface area contributed by atoms with Crippen LogP contribution >= 0.6 is 0 Å². The van der Waals surface area contributed by atoms with Crippen molar-refractivity contribution in [3.63, 3.8) is 0 Å². The molecule has 0 aliphatic carbocycles. The summed E-state index contributed by atoms with van der Waals surface area (Å²) >= 11 is 0. The summed E-state index contributed by atoms with van der Waals surface area (Å²) in [6, 6.07) is 3.45. The maximum absolute atomic E-state index is 14.0. The van der Waals surface area contributed by atoms with Crippen LogP contribution < -0.4 is 5.73 Å². The van der Waals surface area contributed by atoms with Crippen LogP contribution in [0, 0.1) is 17.6 Å². The average molecular weight is 293 g/mol. The van der Waals surface area contributed by atoms with Crippen LogP contribution in [0.5, 0.6) is 0 Å². The van der Waals surface area contributed by atoms with E-state index in [-0.39, 0.29) is 11.5 Å². The van der Waals surface area contributed by atoms with E-state index in [2.05, 4.69) is 18.8 Å². The van der Waals surface area contributed by atoms with Crippen molar-refractivity contribution >= 4 is 5.82 Å². The van der Waals surface area contributed by atoms with Gasteiger partial charge < -0.3 is 10.3 Å². The number of halogens is 2. The highest BCUT2D eigenvalue weighted by molar-refractivity contribution is 5.71. The number of hydrogen-bond acceptors (Lipinski definition) is 2. The summed E-state index contributed by atoms with van der Waals surface area (Å²) in [5.74, 6) is 0.553. The molecule has 2 rings (SSSR count). The van der Waals surface area contributed by atoms with Gasteiger partial charge in [-0.05, 0) is 18.1 Å². The molecule has 0 bridgehead atoms. The van der Waals surface area contributed by atoms with Gasteiger partial charge in [0.1, 0.15) is 29.0 Å². The minimum Gasteiger partial charge on any atom is -0.383 e. The monoisotopic (exact) mass is 293 g/mol. The van der Waals surface area contributed by atoms with Crippen LogP contribution in [0.4, 0.5) is 14.6 Å². The van der Waals surface area contributed by atoms with Crippen molar-refractivity contribution < 1.29 is 8.78 Å². The molecule has 2 aromatic rings. The van der Waals surface area contributed by atoms with E-state index >= 15 is 0 Å². The third kappa shape index (κ3) is 3.06. The minimum absolute atomic E-state index is 0.170. The molecule has 3 nitrogen and oxygen atoms in total. The Morgan fingerprint density at radius 3 is 2.38 bits per heavy atom. The van der Waals surface area contributed by atoms with Gasteiger partial charge in [-0.2, -0.15) is 0 Å². The molecular formula is C16H21F2N3. The Morgan fingerprint density at radius 2 is 1.86 bits per heavy atom. The van der Waals surface area contributed by atoms with Crippen molar-refractivity contribution in [2.45, 2.75) is 40.2 Å². The second-order valence-corrected chi connectivity index (χ2v) is 5.99. The fourth-order valence-electron chi connectivity index (χ4n) is 2.36. The quantitative estimate of drug-likeness (QED) is 0.918. The Balaban J connectivity index is 2.59. The molecule has 1 aromatic heterocycles. The van der Waals surface area contributed by atoms with E-state index in [0.717, 1.165) is 18.4 Å². The summed E-state index contributed by atoms with van der Waals surface area (Å²) in [4.78, 5) is 4.50. The first-order valence-electron chi connectivity index (χ1n) is 7.12. The molecule has 0 spiro atoms. The lowest BCUT2D eigenvalue weighted by atomic mass is 10.1. The first-order chi connectivity index (χ1) is 9.81. The number of benzene rings is 1. The van der Waals surface area contributed by atoms with Gasteiger partial charge in [-0.1, -0.05) is 27.7 Å². The highest BCUT2D eigenvalue weighted by atomic mass is 19.1. The van der Waals surface area contributed by atoms with Crippen LogP contribution in [0.3, 0.4) is 0 Å². The first-order valence-corrected chi connectivity index (χ1v) is 7.12. The van der Waals surface area contributed by atoms with Crippen LogP contribution in [-0.2, 0) is 6.54 Å². The highest BCUT2D eigenvalue weighted by Crippen LogP contribution is 2.31. The predicted octanol–water partition coefficient (Wildman–Crippen LogP) is 4.19. The lowest BCUT2D eigenvalue weighted by Crippen LogP contribution is -2.12. The van der Waals surface area contributed by atoms with E-state index in [0.29, 0.717) is 17.4 Å². The second kappa shape index (κ2) is 5.84. The fourth-order valence-corrected chi connectivity index (χ4v) is 2.36. The van der Waals surface area contributed by atoms with Crippen molar-refractivity contribution in [1.29, 1.82) is 0 Å². The molecule has 5 heteroatoms. The third-order valence-electron chi connectivity index (χ3n) is 3.29. The average Bonchev–Trinajstić information content (AvgIpc) is 2.67. The number of imidazole rings is 1. The zero-order valence-electron chi connectivity index (χ0n) is 12.8. The summed E-state index contributed by atoms with van der Waals surface area (Å²) < 4.78 is 29.0. The molecule has 0 atom stereocenters. The minimum atomic E-state index is -0.647. The standard InChI is InChI=1S/C16H21F2N3/c1-9(2)8-21-15(19)14(20-16(21)10(3)4)12-6-5-11(17)7-13(12)18/h5-7,9-10H,8,19H2,1-4H3. The maximum Gasteiger partial charge on any atom is 0.135 e. The summed E-state index contributed by atoms with van der Waals surface area (Å²) in [5, 5.41) is 0. The molecule has 0 unspecified atom stereocenters. The van der Waals surface area contributed by atoms with Gasteiger partial charge in [0.05, 0.1) is 0 Å². The lowest BCUT2D eigenvalue weighted by Gasteiger charge is -2.14. The number of anilines is 1. The zero-order chi connectivity index (χ0) is 15.7. The molecular weight excluding hydrogens is 272 g/mol. The van der Waals surface area contributed by atoms with Gasteiger partial charge in [0, 0.05) is 24.1 Å². The van der Waals surface area contributed by atoms with Crippen LogP contribution in [0.15, 0.2) is 18.2 Å². The maximum atomic E-state index is 14.0. The summed E-state index contributed by atoms with van der Waals surface area (Å²) in [6.07, 6.45) is 0. The first kappa shape index (κ1) is 15.5. The molecule has 0 saturated heterocycles. The van der Waals surface area contributed by atoms with Crippen molar-refractivity contribution in [3.05, 3.63) is 35.7 Å². The Labute approximate surface area is 123 Å². The van der Waals surface area contributed by atoms with E-state index in [4.69, 9.17) is 5.73 Å². The number of nitrogens with two attached hydrogens (primary N) is 1. The van der Waals surface area contributed by atoms with Gasteiger partial charge in [0.25, 0.3) is 0 Å². The lowest BCUT2D eigenvalue weighted by molar-refractivity contribution is 0.502. The molecule has 2 N–H and O–H groups in total. The van der Waals surface area contributed by atoms with E-state index < -0.39 is 11.6 Å². The van der Waals surface area contributed by atoms with Crippen molar-refractivity contribution in [3.8, 4) is 11.3 Å². The summed E-state index contributed by atoms with van der Waals surface area (Å²) in [7, 11) is 0. The van der Waals surface area contributed by atoms with Gasteiger partial charge in [0.15, 0.2) is 0 Å². The SMILES string of the molecule is CC(C)Cn1c(C(C)C)nc(-c2ccc(F)cc2F)c1N. The van der Waals surface area contributed by atoms with Crippen molar-refractivity contribution in [1.82, 2.24) is 9.55 Å². The summed E-state index contributed by atoms with van der Waals surface area (Å²) in [6.45, 7) is 8.92. The molecule has 114 valence electrons. The van der Waals surface area contributed by atoms with Gasteiger partial charge in [0.2, 0.25) is 0 Å². The molecule has 0 amide bonds. The largest absolute Gasteiger partial charge is 0.383 e. The van der Waals surface area contributed by atoms with Crippen LogP contribution in [-0.4, -0.2) is 9.55 Å². The van der Waals surface area contributed by atoms with Crippen LogP contribution in [0.1, 0.15) is 39.4 Å². The second-order valence-electron chi connectivity index (χ2n) is 5.99. The molecule has 0 aliphatic rings. The summed E-state index contributed by atoms with van der Waals surface area (Å²) in [5.41, 5.74) is 6.79. The fraction of sp³-hybridized carbons (Fsp3) is 0.438. The van der Waals surface area contributed by atoms with E-state index in [1.54, 1.807) is 0 Å². The predicted molar refractivity (Wildman–Crippen MR) is 80.9 cm³/mol. The molecule has 0 radical (unpaired) electrons. The van der Waals surface area contributed by atoms with Crippen LogP contribution in [0.2, 0.25) is 0 Å². The Kier molecular flexibility index (Phi) is 4.30. The number of rotatable bonds is 4.